The number of anilines is 1. The number of nitrogens with one attached hydrogen (secondary N) is 1. The van der Waals surface area contributed by atoms with E-state index in [1.54, 1.807) is 48.5 Å². The summed E-state index contributed by atoms with van der Waals surface area (Å²) in [6.45, 7) is 2.02. The summed E-state index contributed by atoms with van der Waals surface area (Å²) in [5, 5.41) is 3.51. The van der Waals surface area contributed by atoms with Crippen molar-refractivity contribution < 1.29 is 13.2 Å². The normalized spacial score (nSPS) is 11.2. The lowest BCUT2D eigenvalue weighted by atomic mass is 10.1. The van der Waals surface area contributed by atoms with E-state index >= 15 is 0 Å². The number of nitrogens with zero attached hydrogens (tertiary/aromatic N) is 1. The van der Waals surface area contributed by atoms with Gasteiger partial charge in [-0.2, -0.15) is 0 Å². The van der Waals surface area contributed by atoms with Crippen LogP contribution in [0.3, 0.4) is 0 Å². The molecule has 0 bridgehead atoms. The Balaban J connectivity index is 1.70. The predicted molar refractivity (Wildman–Crippen MR) is 133 cm³/mol. The average Bonchev–Trinajstić information content (AvgIpc) is 2.76. The van der Waals surface area contributed by atoms with Crippen molar-refractivity contribution in [3.8, 4) is 0 Å². The van der Waals surface area contributed by atoms with Gasteiger partial charge < -0.3 is 5.32 Å². The lowest BCUT2D eigenvalue weighted by Gasteiger charge is -2.24. The second kappa shape index (κ2) is 11.0. The summed E-state index contributed by atoms with van der Waals surface area (Å²) in [5.41, 5.74) is 2.49. The Morgan fingerprint density at radius 2 is 1.72 bits per heavy atom. The van der Waals surface area contributed by atoms with Crippen molar-refractivity contribution in [3.05, 3.63) is 93.4 Å². The van der Waals surface area contributed by atoms with Crippen LogP contribution >= 0.6 is 27.5 Å². The van der Waals surface area contributed by atoms with Gasteiger partial charge >= 0.3 is 0 Å². The SMILES string of the molecule is Cc1ccc(S(=O)(=O)N(CC(=O)NCCCc2ccc(Cl)cc2)c2cccc(Br)c2)cc1. The maximum atomic E-state index is 13.4. The number of hydrogen-bond donors (Lipinski definition) is 1. The lowest BCUT2D eigenvalue weighted by molar-refractivity contribution is -0.119. The van der Waals surface area contributed by atoms with E-state index in [9.17, 15) is 13.2 Å². The number of hydrogen-bond acceptors (Lipinski definition) is 3. The molecule has 0 heterocycles. The van der Waals surface area contributed by atoms with Crippen molar-refractivity contribution in [1.29, 1.82) is 0 Å². The quantitative estimate of drug-likeness (QED) is 0.375. The van der Waals surface area contributed by atoms with Crippen LogP contribution in [0.1, 0.15) is 17.5 Å². The fourth-order valence-corrected chi connectivity index (χ4v) is 5.07. The van der Waals surface area contributed by atoms with E-state index in [1.165, 1.54) is 0 Å². The highest BCUT2D eigenvalue weighted by Crippen LogP contribution is 2.26. The van der Waals surface area contributed by atoms with Gasteiger partial charge in [-0.25, -0.2) is 8.42 Å². The molecule has 0 unspecified atom stereocenters. The Morgan fingerprint density at radius 1 is 1.03 bits per heavy atom. The number of halogens is 2. The molecule has 0 aliphatic carbocycles. The van der Waals surface area contributed by atoms with E-state index in [0.717, 1.165) is 32.7 Å². The summed E-state index contributed by atoms with van der Waals surface area (Å²) in [5.74, 6) is -0.364. The van der Waals surface area contributed by atoms with E-state index in [2.05, 4.69) is 21.2 Å². The molecule has 0 aromatic heterocycles. The van der Waals surface area contributed by atoms with E-state index in [1.807, 2.05) is 31.2 Å². The molecule has 3 aromatic rings. The van der Waals surface area contributed by atoms with Crippen molar-refractivity contribution in [2.24, 2.45) is 0 Å². The number of sulfonamides is 1. The van der Waals surface area contributed by atoms with E-state index in [0.29, 0.717) is 17.3 Å². The van der Waals surface area contributed by atoms with Gasteiger partial charge in [-0.05, 0) is 67.8 Å². The fourth-order valence-electron chi connectivity index (χ4n) is 3.14. The maximum absolute atomic E-state index is 13.4. The molecule has 0 radical (unpaired) electrons. The molecule has 8 heteroatoms. The summed E-state index contributed by atoms with van der Waals surface area (Å²) >= 11 is 9.28. The van der Waals surface area contributed by atoms with Gasteiger partial charge in [0.2, 0.25) is 5.91 Å². The van der Waals surface area contributed by atoms with Gasteiger partial charge in [-0.15, -0.1) is 0 Å². The summed E-state index contributed by atoms with van der Waals surface area (Å²) in [6.07, 6.45) is 1.52. The Labute approximate surface area is 202 Å². The molecule has 0 spiro atoms. The molecule has 3 aromatic carbocycles. The zero-order chi connectivity index (χ0) is 23.1. The van der Waals surface area contributed by atoms with Gasteiger partial charge in [0, 0.05) is 16.0 Å². The molecule has 0 aliphatic rings. The van der Waals surface area contributed by atoms with Crippen LogP contribution < -0.4 is 9.62 Å². The van der Waals surface area contributed by atoms with Crippen LogP contribution in [0.5, 0.6) is 0 Å². The Kier molecular flexibility index (Phi) is 8.34. The number of rotatable bonds is 9. The maximum Gasteiger partial charge on any atom is 0.264 e. The summed E-state index contributed by atoms with van der Waals surface area (Å²) in [6, 6.07) is 21.1. The summed E-state index contributed by atoms with van der Waals surface area (Å²) in [4.78, 5) is 12.8. The third kappa shape index (κ3) is 6.58. The molecule has 0 saturated carbocycles. The molecular weight excluding hydrogens is 512 g/mol. The Hall–Kier alpha value is -2.35. The number of amides is 1. The predicted octanol–water partition coefficient (Wildman–Crippen LogP) is 5.36. The van der Waals surface area contributed by atoms with Crippen LogP contribution in [-0.4, -0.2) is 27.4 Å². The highest BCUT2D eigenvalue weighted by molar-refractivity contribution is 9.10. The van der Waals surface area contributed by atoms with Crippen molar-refractivity contribution in [3.63, 3.8) is 0 Å². The fraction of sp³-hybridized carbons (Fsp3) is 0.208. The second-order valence-electron chi connectivity index (χ2n) is 7.38. The van der Waals surface area contributed by atoms with Gasteiger partial charge in [0.15, 0.2) is 0 Å². The van der Waals surface area contributed by atoms with Gasteiger partial charge in [-0.1, -0.05) is 63.4 Å². The van der Waals surface area contributed by atoms with Crippen molar-refractivity contribution >= 4 is 49.1 Å². The molecule has 0 saturated heterocycles. The summed E-state index contributed by atoms with van der Waals surface area (Å²) < 4.78 is 28.6. The topological polar surface area (TPSA) is 66.5 Å². The molecule has 0 atom stereocenters. The highest BCUT2D eigenvalue weighted by Gasteiger charge is 2.27. The molecule has 3 rings (SSSR count). The third-order valence-electron chi connectivity index (χ3n) is 4.87. The zero-order valence-corrected chi connectivity index (χ0v) is 20.8. The van der Waals surface area contributed by atoms with Gasteiger partial charge in [0.25, 0.3) is 10.0 Å². The molecule has 32 heavy (non-hydrogen) atoms. The average molecular weight is 536 g/mol. The Bertz CT molecular complexity index is 1170. The van der Waals surface area contributed by atoms with Crippen molar-refractivity contribution in [2.45, 2.75) is 24.7 Å². The first-order valence-corrected chi connectivity index (χ1v) is 12.7. The largest absolute Gasteiger partial charge is 0.355 e. The second-order valence-corrected chi connectivity index (χ2v) is 10.6. The first-order valence-electron chi connectivity index (χ1n) is 10.1. The standard InChI is InChI=1S/C24H24BrClN2O3S/c1-18-7-13-23(14-8-18)32(30,31)28(22-6-2-5-20(25)16-22)17-24(29)27-15-3-4-19-9-11-21(26)12-10-19/h2,5-14,16H,3-4,15,17H2,1H3,(H,27,29). The van der Waals surface area contributed by atoms with Crippen LogP contribution in [-0.2, 0) is 21.2 Å². The van der Waals surface area contributed by atoms with E-state index in [4.69, 9.17) is 11.6 Å². The van der Waals surface area contributed by atoms with Crippen molar-refractivity contribution in [1.82, 2.24) is 5.32 Å². The van der Waals surface area contributed by atoms with Crippen LogP contribution in [0, 0.1) is 6.92 Å². The Morgan fingerprint density at radius 3 is 2.38 bits per heavy atom. The number of aryl methyl sites for hydroxylation is 2. The smallest absolute Gasteiger partial charge is 0.264 e. The van der Waals surface area contributed by atoms with E-state index < -0.39 is 10.0 Å². The van der Waals surface area contributed by atoms with Gasteiger partial charge in [-0.3, -0.25) is 9.10 Å². The minimum Gasteiger partial charge on any atom is -0.355 e. The lowest BCUT2D eigenvalue weighted by Crippen LogP contribution is -2.41. The van der Waals surface area contributed by atoms with Gasteiger partial charge in [0.05, 0.1) is 10.6 Å². The van der Waals surface area contributed by atoms with Gasteiger partial charge in [0.1, 0.15) is 6.54 Å². The highest BCUT2D eigenvalue weighted by atomic mass is 79.9. The molecule has 168 valence electrons. The minimum absolute atomic E-state index is 0.138. The molecule has 5 nitrogen and oxygen atoms in total. The molecule has 0 aliphatic heterocycles. The van der Waals surface area contributed by atoms with Crippen LogP contribution in [0.2, 0.25) is 5.02 Å². The number of carbonyl (C=O) groups excluding carboxylic acids is 1. The molecule has 1 amide bonds. The van der Waals surface area contributed by atoms with E-state index in [-0.39, 0.29) is 17.3 Å². The third-order valence-corrected chi connectivity index (χ3v) is 7.40. The molecule has 1 N–H and O–H groups in total. The monoisotopic (exact) mass is 534 g/mol. The van der Waals surface area contributed by atoms with Crippen molar-refractivity contribution in [2.75, 3.05) is 17.4 Å². The van der Waals surface area contributed by atoms with Crippen LogP contribution in [0.15, 0.2) is 82.2 Å². The zero-order valence-electron chi connectivity index (χ0n) is 17.6. The number of carbonyl (C=O) groups is 1. The molecule has 0 fully saturated rings. The minimum atomic E-state index is -3.92. The number of benzene rings is 3. The first-order chi connectivity index (χ1) is 15.3. The van der Waals surface area contributed by atoms with Crippen LogP contribution in [0.25, 0.3) is 0 Å². The first kappa shape index (κ1) is 24.3. The molecular formula is C24H24BrClN2O3S. The van der Waals surface area contributed by atoms with Crippen LogP contribution in [0.4, 0.5) is 5.69 Å². The summed E-state index contributed by atoms with van der Waals surface area (Å²) in [7, 11) is -3.92.